The zero-order valence-electron chi connectivity index (χ0n) is 16.5. The monoisotopic (exact) mass is 366 g/mol. The number of pyridine rings is 1. The maximum absolute atomic E-state index is 4.52. The molecule has 2 aliphatic rings. The van der Waals surface area contributed by atoms with Crippen molar-refractivity contribution in [3.63, 3.8) is 0 Å². The van der Waals surface area contributed by atoms with Crippen molar-refractivity contribution < 1.29 is 0 Å². The number of piperidine rings is 1. The second kappa shape index (κ2) is 8.21. The van der Waals surface area contributed by atoms with Gasteiger partial charge in [-0.1, -0.05) is 6.07 Å². The number of hydrogen-bond donors (Lipinski definition) is 0. The molecule has 27 heavy (non-hydrogen) atoms. The average Bonchev–Trinajstić information content (AvgIpc) is 3.20. The molecule has 6 heteroatoms. The van der Waals surface area contributed by atoms with E-state index in [1.807, 2.05) is 37.5 Å². The van der Waals surface area contributed by atoms with Crippen LogP contribution >= 0.6 is 0 Å². The second-order valence-electron chi connectivity index (χ2n) is 8.10. The summed E-state index contributed by atoms with van der Waals surface area (Å²) in [6, 6.07) is 6.32. The molecule has 4 rings (SSSR count). The highest BCUT2D eigenvalue weighted by molar-refractivity contribution is 5.49. The van der Waals surface area contributed by atoms with Crippen molar-refractivity contribution in [2.45, 2.75) is 25.8 Å². The lowest BCUT2D eigenvalue weighted by atomic mass is 9.83. The third-order valence-corrected chi connectivity index (χ3v) is 6.07. The van der Waals surface area contributed by atoms with Crippen molar-refractivity contribution in [2.24, 2.45) is 11.8 Å². The zero-order chi connectivity index (χ0) is 18.6. The minimum atomic E-state index is 0.795. The highest BCUT2D eigenvalue weighted by atomic mass is 15.2. The molecule has 2 fully saturated rings. The first-order valence-electron chi connectivity index (χ1n) is 10.0. The Balaban J connectivity index is 1.29. The summed E-state index contributed by atoms with van der Waals surface area (Å²) in [5.74, 6) is 3.69. The fraction of sp³-hybridized carbons (Fsp3) is 0.571. The van der Waals surface area contributed by atoms with Crippen LogP contribution in [0, 0.1) is 11.8 Å². The Bertz CT molecular complexity index is 726. The molecule has 1 atom stereocenters. The third-order valence-electron chi connectivity index (χ3n) is 6.07. The van der Waals surface area contributed by atoms with Gasteiger partial charge in [-0.3, -0.25) is 9.88 Å². The molecule has 4 heterocycles. The Kier molecular flexibility index (Phi) is 5.53. The van der Waals surface area contributed by atoms with Crippen LogP contribution in [0.25, 0.3) is 0 Å². The Morgan fingerprint density at radius 1 is 1.07 bits per heavy atom. The number of anilines is 2. The van der Waals surface area contributed by atoms with E-state index in [-0.39, 0.29) is 0 Å². The molecule has 0 aromatic carbocycles. The van der Waals surface area contributed by atoms with Gasteiger partial charge in [0.2, 0.25) is 0 Å². The van der Waals surface area contributed by atoms with Gasteiger partial charge in [0, 0.05) is 52.2 Å². The van der Waals surface area contributed by atoms with Gasteiger partial charge in [0.15, 0.2) is 0 Å². The van der Waals surface area contributed by atoms with Gasteiger partial charge in [-0.25, -0.2) is 9.97 Å². The quantitative estimate of drug-likeness (QED) is 0.811. The van der Waals surface area contributed by atoms with Crippen molar-refractivity contribution in [1.29, 1.82) is 0 Å². The second-order valence-corrected chi connectivity index (χ2v) is 8.10. The van der Waals surface area contributed by atoms with E-state index in [0.717, 1.165) is 43.1 Å². The van der Waals surface area contributed by atoms with Crippen molar-refractivity contribution in [3.8, 4) is 0 Å². The van der Waals surface area contributed by atoms with E-state index in [9.17, 15) is 0 Å². The Morgan fingerprint density at radius 3 is 2.63 bits per heavy atom. The maximum Gasteiger partial charge on any atom is 0.134 e. The van der Waals surface area contributed by atoms with Gasteiger partial charge in [-0.05, 0) is 55.8 Å². The standard InChI is InChI=1S/C21H30N6/c1-25(2)20-12-21(24-16-23-20)27-11-7-19(15-27)18-5-9-26(10-6-18)14-17-4-3-8-22-13-17/h3-4,8,12-13,16,18-19H,5-7,9-11,14-15H2,1-2H3/t19-/m1/s1. The van der Waals surface area contributed by atoms with Gasteiger partial charge in [0.05, 0.1) is 0 Å². The number of rotatable bonds is 5. The number of nitrogens with zero attached hydrogens (tertiary/aromatic N) is 6. The molecule has 2 aliphatic heterocycles. The van der Waals surface area contributed by atoms with Gasteiger partial charge in [0.25, 0.3) is 0 Å². The molecule has 0 aliphatic carbocycles. The highest BCUT2D eigenvalue weighted by Gasteiger charge is 2.32. The first-order valence-corrected chi connectivity index (χ1v) is 10.0. The van der Waals surface area contributed by atoms with E-state index >= 15 is 0 Å². The SMILES string of the molecule is CN(C)c1cc(N2CC[C@@H](C3CCN(Cc4cccnc4)CC3)C2)ncn1. The smallest absolute Gasteiger partial charge is 0.134 e. The molecule has 0 amide bonds. The van der Waals surface area contributed by atoms with Gasteiger partial charge >= 0.3 is 0 Å². The number of hydrogen-bond acceptors (Lipinski definition) is 6. The molecule has 0 bridgehead atoms. The fourth-order valence-corrected chi connectivity index (χ4v) is 4.47. The Labute approximate surface area is 162 Å². The molecule has 2 aromatic heterocycles. The van der Waals surface area contributed by atoms with Gasteiger partial charge < -0.3 is 9.80 Å². The fourth-order valence-electron chi connectivity index (χ4n) is 4.47. The molecule has 2 saturated heterocycles. The van der Waals surface area contributed by atoms with Crippen LogP contribution in [0.2, 0.25) is 0 Å². The van der Waals surface area contributed by atoms with Crippen LogP contribution in [0.4, 0.5) is 11.6 Å². The maximum atomic E-state index is 4.52. The lowest BCUT2D eigenvalue weighted by Gasteiger charge is -2.34. The largest absolute Gasteiger partial charge is 0.363 e. The summed E-state index contributed by atoms with van der Waals surface area (Å²) in [7, 11) is 4.05. The van der Waals surface area contributed by atoms with E-state index < -0.39 is 0 Å². The molecule has 0 radical (unpaired) electrons. The predicted molar refractivity (Wildman–Crippen MR) is 109 cm³/mol. The van der Waals surface area contributed by atoms with Crippen LogP contribution in [0.5, 0.6) is 0 Å². The summed E-state index contributed by atoms with van der Waals surface area (Å²) < 4.78 is 0. The Hall–Kier alpha value is -2.21. The van der Waals surface area contributed by atoms with Gasteiger partial charge in [-0.15, -0.1) is 0 Å². The minimum absolute atomic E-state index is 0.795. The number of likely N-dealkylation sites (tertiary alicyclic amines) is 1. The summed E-state index contributed by atoms with van der Waals surface area (Å²) >= 11 is 0. The Morgan fingerprint density at radius 2 is 1.89 bits per heavy atom. The molecule has 0 saturated carbocycles. The molecule has 6 nitrogen and oxygen atoms in total. The van der Waals surface area contributed by atoms with Crippen molar-refractivity contribution in [1.82, 2.24) is 19.9 Å². The van der Waals surface area contributed by atoms with E-state index in [4.69, 9.17) is 0 Å². The lowest BCUT2D eigenvalue weighted by molar-refractivity contribution is 0.147. The van der Waals surface area contributed by atoms with E-state index in [1.54, 1.807) is 6.33 Å². The summed E-state index contributed by atoms with van der Waals surface area (Å²) in [6.45, 7) is 5.69. The van der Waals surface area contributed by atoms with E-state index in [2.05, 4.69) is 36.9 Å². The lowest BCUT2D eigenvalue weighted by Crippen LogP contribution is -2.36. The molecule has 144 valence electrons. The van der Waals surface area contributed by atoms with Crippen LogP contribution in [-0.2, 0) is 6.54 Å². The van der Waals surface area contributed by atoms with Crippen LogP contribution in [0.1, 0.15) is 24.8 Å². The molecular weight excluding hydrogens is 336 g/mol. The molecule has 0 unspecified atom stereocenters. The van der Waals surface area contributed by atoms with Crippen LogP contribution in [-0.4, -0.2) is 60.1 Å². The van der Waals surface area contributed by atoms with Gasteiger partial charge in [0.1, 0.15) is 18.0 Å². The van der Waals surface area contributed by atoms with Crippen LogP contribution in [0.15, 0.2) is 36.9 Å². The molecule has 0 N–H and O–H groups in total. The summed E-state index contributed by atoms with van der Waals surface area (Å²) in [5, 5.41) is 0. The first-order chi connectivity index (χ1) is 13.2. The van der Waals surface area contributed by atoms with Crippen molar-refractivity contribution >= 4 is 11.6 Å². The molecular formula is C21H30N6. The molecule has 0 spiro atoms. The highest BCUT2D eigenvalue weighted by Crippen LogP contribution is 2.34. The first kappa shape index (κ1) is 18.2. The third kappa shape index (κ3) is 4.38. The summed E-state index contributed by atoms with van der Waals surface area (Å²) in [4.78, 5) is 20.2. The average molecular weight is 367 g/mol. The topological polar surface area (TPSA) is 48.4 Å². The van der Waals surface area contributed by atoms with Crippen LogP contribution < -0.4 is 9.80 Å². The summed E-state index contributed by atoms with van der Waals surface area (Å²) in [6.07, 6.45) is 9.44. The van der Waals surface area contributed by atoms with E-state index in [0.29, 0.717) is 0 Å². The van der Waals surface area contributed by atoms with E-state index in [1.165, 1.54) is 37.9 Å². The minimum Gasteiger partial charge on any atom is -0.363 e. The van der Waals surface area contributed by atoms with Gasteiger partial charge in [-0.2, -0.15) is 0 Å². The number of aromatic nitrogens is 3. The van der Waals surface area contributed by atoms with Crippen LogP contribution in [0.3, 0.4) is 0 Å². The summed E-state index contributed by atoms with van der Waals surface area (Å²) in [5.41, 5.74) is 1.32. The van der Waals surface area contributed by atoms with Crippen molar-refractivity contribution in [3.05, 3.63) is 42.5 Å². The normalized spacial score (nSPS) is 21.6. The zero-order valence-corrected chi connectivity index (χ0v) is 16.5. The molecule has 2 aromatic rings. The predicted octanol–water partition coefficient (Wildman–Crippen LogP) is 2.68. The van der Waals surface area contributed by atoms with Crippen molar-refractivity contribution in [2.75, 3.05) is 50.1 Å².